The van der Waals surface area contributed by atoms with Crippen LogP contribution in [0.3, 0.4) is 0 Å². The van der Waals surface area contributed by atoms with Gasteiger partial charge in [0.25, 0.3) is 5.91 Å². The second-order valence-electron chi connectivity index (χ2n) is 6.33. The number of aryl methyl sites for hydroxylation is 1. The van der Waals surface area contributed by atoms with E-state index in [1.54, 1.807) is 18.5 Å². The summed E-state index contributed by atoms with van der Waals surface area (Å²) in [4.78, 5) is 21.8. The van der Waals surface area contributed by atoms with E-state index in [-0.39, 0.29) is 23.9 Å². The van der Waals surface area contributed by atoms with Crippen molar-refractivity contribution in [3.63, 3.8) is 0 Å². The van der Waals surface area contributed by atoms with Crippen LogP contribution in [0.2, 0.25) is 0 Å². The van der Waals surface area contributed by atoms with Crippen molar-refractivity contribution in [2.45, 2.75) is 25.6 Å². The van der Waals surface area contributed by atoms with Gasteiger partial charge in [0.15, 0.2) is 0 Å². The second-order valence-corrected chi connectivity index (χ2v) is 7.33. The molecule has 3 heterocycles. The van der Waals surface area contributed by atoms with Gasteiger partial charge in [-0.25, -0.2) is 20.2 Å². The highest BCUT2D eigenvalue weighted by molar-refractivity contribution is 7.17. The van der Waals surface area contributed by atoms with Gasteiger partial charge >= 0.3 is 0 Å². The Morgan fingerprint density at radius 1 is 1.30 bits per heavy atom. The largest absolute Gasteiger partial charge is 0.335 e. The summed E-state index contributed by atoms with van der Waals surface area (Å²) in [6.45, 7) is 1.82. The Kier molecular flexibility index (Phi) is 4.93. The molecule has 2 unspecified atom stereocenters. The van der Waals surface area contributed by atoms with Crippen molar-refractivity contribution in [1.29, 1.82) is 0 Å². The van der Waals surface area contributed by atoms with E-state index < -0.39 is 0 Å². The van der Waals surface area contributed by atoms with Crippen LogP contribution in [-0.4, -0.2) is 22.0 Å². The molecule has 0 aliphatic carbocycles. The highest BCUT2D eigenvalue weighted by Gasteiger charge is 2.27. The molecule has 1 aliphatic heterocycles. The first-order chi connectivity index (χ1) is 13.1. The van der Waals surface area contributed by atoms with Crippen LogP contribution in [0, 0.1) is 12.7 Å². The van der Waals surface area contributed by atoms with Gasteiger partial charge in [0.05, 0.1) is 11.9 Å². The molecule has 1 amide bonds. The summed E-state index contributed by atoms with van der Waals surface area (Å²) in [6, 6.07) is 10.1. The van der Waals surface area contributed by atoms with Crippen molar-refractivity contribution in [2.24, 2.45) is 0 Å². The SMILES string of the molecule is Cc1nc(-c2cccnc2)sc1C(=O)NC1CC(c2cccc(F)c2)NN1. The van der Waals surface area contributed by atoms with Crippen LogP contribution in [0.1, 0.15) is 33.4 Å². The number of benzene rings is 1. The maximum atomic E-state index is 13.4. The molecule has 27 heavy (non-hydrogen) atoms. The lowest BCUT2D eigenvalue weighted by Crippen LogP contribution is -2.44. The first-order valence-electron chi connectivity index (χ1n) is 8.55. The third kappa shape index (κ3) is 3.87. The van der Waals surface area contributed by atoms with Gasteiger partial charge in [0, 0.05) is 30.4 Å². The summed E-state index contributed by atoms with van der Waals surface area (Å²) < 4.78 is 13.4. The molecule has 138 valence electrons. The smallest absolute Gasteiger partial charge is 0.264 e. The van der Waals surface area contributed by atoms with Gasteiger partial charge in [0.1, 0.15) is 15.7 Å². The van der Waals surface area contributed by atoms with Crippen LogP contribution in [-0.2, 0) is 0 Å². The van der Waals surface area contributed by atoms with Gasteiger partial charge in [-0.05, 0) is 36.8 Å². The first kappa shape index (κ1) is 17.7. The molecular weight excluding hydrogens is 365 g/mol. The Hall–Kier alpha value is -2.68. The minimum atomic E-state index is -0.273. The molecule has 2 aromatic heterocycles. The Labute approximate surface area is 159 Å². The highest BCUT2D eigenvalue weighted by Crippen LogP contribution is 2.28. The molecule has 3 aromatic rings. The normalized spacial score (nSPS) is 19.2. The monoisotopic (exact) mass is 383 g/mol. The fourth-order valence-corrected chi connectivity index (χ4v) is 4.00. The molecule has 1 fully saturated rings. The highest BCUT2D eigenvalue weighted by atomic mass is 32.1. The Balaban J connectivity index is 1.43. The van der Waals surface area contributed by atoms with E-state index in [1.165, 1.54) is 23.5 Å². The van der Waals surface area contributed by atoms with E-state index in [0.717, 1.165) is 16.1 Å². The van der Waals surface area contributed by atoms with Crippen molar-refractivity contribution in [3.05, 3.63) is 70.7 Å². The molecule has 3 N–H and O–H groups in total. The third-order valence-electron chi connectivity index (χ3n) is 4.37. The minimum Gasteiger partial charge on any atom is -0.335 e. The fourth-order valence-electron chi connectivity index (χ4n) is 3.04. The number of halogens is 1. The minimum absolute atomic E-state index is 0.0699. The lowest BCUT2D eigenvalue weighted by molar-refractivity contribution is 0.0935. The lowest BCUT2D eigenvalue weighted by Gasteiger charge is -2.11. The van der Waals surface area contributed by atoms with Gasteiger partial charge in [0.2, 0.25) is 0 Å². The number of pyridine rings is 1. The summed E-state index contributed by atoms with van der Waals surface area (Å²) in [5, 5.41) is 3.73. The number of hydrazine groups is 1. The topological polar surface area (TPSA) is 78.9 Å². The molecule has 1 saturated heterocycles. The lowest BCUT2D eigenvalue weighted by atomic mass is 10.0. The van der Waals surface area contributed by atoms with Crippen molar-refractivity contribution in [3.8, 4) is 10.6 Å². The number of hydrogen-bond donors (Lipinski definition) is 3. The summed E-state index contributed by atoms with van der Waals surface area (Å²) in [5.74, 6) is -0.454. The van der Waals surface area contributed by atoms with E-state index in [0.29, 0.717) is 17.0 Å². The molecule has 4 rings (SSSR count). The summed E-state index contributed by atoms with van der Waals surface area (Å²) in [7, 11) is 0. The van der Waals surface area contributed by atoms with E-state index in [4.69, 9.17) is 0 Å². The molecule has 1 aliphatic rings. The van der Waals surface area contributed by atoms with Crippen LogP contribution < -0.4 is 16.2 Å². The van der Waals surface area contributed by atoms with Gasteiger partial charge in [-0.1, -0.05) is 12.1 Å². The van der Waals surface area contributed by atoms with Crippen molar-refractivity contribution < 1.29 is 9.18 Å². The van der Waals surface area contributed by atoms with Gasteiger partial charge in [-0.15, -0.1) is 11.3 Å². The Bertz CT molecular complexity index is 962. The van der Waals surface area contributed by atoms with E-state index in [9.17, 15) is 9.18 Å². The number of nitrogens with zero attached hydrogens (tertiary/aromatic N) is 2. The predicted molar refractivity (Wildman–Crippen MR) is 101 cm³/mol. The maximum Gasteiger partial charge on any atom is 0.264 e. The van der Waals surface area contributed by atoms with Crippen LogP contribution in [0.25, 0.3) is 10.6 Å². The van der Waals surface area contributed by atoms with Crippen LogP contribution >= 0.6 is 11.3 Å². The zero-order valence-electron chi connectivity index (χ0n) is 14.6. The number of carbonyl (C=O) groups excluding carboxylic acids is 1. The average molecular weight is 383 g/mol. The first-order valence-corrected chi connectivity index (χ1v) is 9.37. The van der Waals surface area contributed by atoms with Gasteiger partial charge < -0.3 is 5.32 Å². The number of aromatic nitrogens is 2. The number of thiazole rings is 1. The van der Waals surface area contributed by atoms with E-state index >= 15 is 0 Å². The van der Waals surface area contributed by atoms with Crippen LogP contribution in [0.15, 0.2) is 48.8 Å². The van der Waals surface area contributed by atoms with Crippen molar-refractivity contribution >= 4 is 17.2 Å². The molecule has 0 radical (unpaired) electrons. The molecule has 2 atom stereocenters. The molecular formula is C19H18FN5OS. The Morgan fingerprint density at radius 3 is 2.96 bits per heavy atom. The predicted octanol–water partition coefficient (Wildman–Crippen LogP) is 2.95. The quantitative estimate of drug-likeness (QED) is 0.646. The zero-order valence-corrected chi connectivity index (χ0v) is 15.4. The molecule has 8 heteroatoms. The number of hydrogen-bond acceptors (Lipinski definition) is 6. The van der Waals surface area contributed by atoms with E-state index in [2.05, 4.69) is 26.1 Å². The maximum absolute atomic E-state index is 13.4. The van der Waals surface area contributed by atoms with Crippen molar-refractivity contribution in [1.82, 2.24) is 26.1 Å². The second kappa shape index (κ2) is 7.51. The number of carbonyl (C=O) groups is 1. The van der Waals surface area contributed by atoms with Crippen molar-refractivity contribution in [2.75, 3.05) is 0 Å². The zero-order chi connectivity index (χ0) is 18.8. The van der Waals surface area contributed by atoms with Gasteiger partial charge in [-0.2, -0.15) is 0 Å². The molecule has 1 aromatic carbocycles. The Morgan fingerprint density at radius 2 is 2.19 bits per heavy atom. The standard InChI is InChI=1S/C19H18FN5OS/c1-11-17(27-19(22-11)13-5-3-7-21-10-13)18(26)23-16-9-15(24-25-16)12-4-2-6-14(20)8-12/h2-8,10,15-16,24-25H,9H2,1H3,(H,23,26). The van der Waals surface area contributed by atoms with Gasteiger partial charge in [-0.3, -0.25) is 9.78 Å². The molecule has 0 saturated carbocycles. The average Bonchev–Trinajstić information content (AvgIpc) is 3.29. The molecule has 0 bridgehead atoms. The molecule has 0 spiro atoms. The summed E-state index contributed by atoms with van der Waals surface area (Å²) in [6.07, 6.45) is 3.79. The van der Waals surface area contributed by atoms with E-state index in [1.807, 2.05) is 25.1 Å². The summed E-state index contributed by atoms with van der Waals surface area (Å²) in [5.41, 5.74) is 8.56. The number of nitrogens with one attached hydrogen (secondary N) is 3. The number of rotatable bonds is 4. The number of amides is 1. The van der Waals surface area contributed by atoms with Crippen LogP contribution in [0.4, 0.5) is 4.39 Å². The molecule has 6 nitrogen and oxygen atoms in total. The van der Waals surface area contributed by atoms with Crippen LogP contribution in [0.5, 0.6) is 0 Å². The fraction of sp³-hybridized carbons (Fsp3) is 0.211. The summed E-state index contributed by atoms with van der Waals surface area (Å²) >= 11 is 1.34. The third-order valence-corrected chi connectivity index (χ3v) is 5.58.